The largest absolute Gasteiger partial charge is 0.497 e. The van der Waals surface area contributed by atoms with Gasteiger partial charge in [0.2, 0.25) is 0 Å². The third kappa shape index (κ3) is 4.60. The fourth-order valence-corrected chi connectivity index (χ4v) is 4.33. The van der Waals surface area contributed by atoms with Gasteiger partial charge in [0, 0.05) is 36.9 Å². The average Bonchev–Trinajstić information content (AvgIpc) is 3.10. The highest BCUT2D eigenvalue weighted by atomic mass is 35.5. The van der Waals surface area contributed by atoms with Crippen LogP contribution in [0, 0.1) is 0 Å². The van der Waals surface area contributed by atoms with Crippen LogP contribution in [0.5, 0.6) is 5.75 Å². The highest BCUT2D eigenvalue weighted by Gasteiger charge is 2.26. The Morgan fingerprint density at radius 2 is 1.66 bits per heavy atom. The number of amides is 1. The Bertz CT molecular complexity index is 1060. The fourth-order valence-electron chi connectivity index (χ4n) is 4.21. The van der Waals surface area contributed by atoms with Crippen LogP contribution in [0.2, 0.25) is 5.02 Å². The van der Waals surface area contributed by atoms with Crippen LogP contribution in [0.3, 0.4) is 0 Å². The van der Waals surface area contributed by atoms with Gasteiger partial charge < -0.3 is 14.5 Å². The number of aromatic nitrogens is 2. The molecule has 1 aliphatic heterocycles. The lowest BCUT2D eigenvalue weighted by Crippen LogP contribution is -2.35. The van der Waals surface area contributed by atoms with Gasteiger partial charge in [-0.1, -0.05) is 25.4 Å². The third-order valence-electron chi connectivity index (χ3n) is 5.88. The molecule has 3 aromatic rings. The topological polar surface area (TPSA) is 50.6 Å². The summed E-state index contributed by atoms with van der Waals surface area (Å²) in [6.07, 6.45) is 2.62. The first-order valence-corrected chi connectivity index (χ1v) is 11.4. The van der Waals surface area contributed by atoms with Gasteiger partial charge in [0.15, 0.2) is 0 Å². The minimum atomic E-state index is 0.0468. The molecule has 32 heavy (non-hydrogen) atoms. The first-order valence-electron chi connectivity index (χ1n) is 11.0. The predicted molar refractivity (Wildman–Crippen MR) is 128 cm³/mol. The van der Waals surface area contributed by atoms with E-state index in [1.807, 2.05) is 46.0 Å². The molecule has 0 unspecified atom stereocenters. The Labute approximate surface area is 194 Å². The van der Waals surface area contributed by atoms with Crippen molar-refractivity contribution in [1.29, 1.82) is 0 Å². The molecule has 0 aliphatic carbocycles. The van der Waals surface area contributed by atoms with Gasteiger partial charge in [-0.15, -0.1) is 0 Å². The molecule has 4 rings (SSSR count). The highest BCUT2D eigenvalue weighted by Crippen LogP contribution is 2.26. The van der Waals surface area contributed by atoms with E-state index in [2.05, 4.69) is 36.0 Å². The van der Waals surface area contributed by atoms with Crippen molar-refractivity contribution in [2.75, 3.05) is 38.2 Å². The molecule has 0 spiro atoms. The summed E-state index contributed by atoms with van der Waals surface area (Å²) in [6.45, 7) is 7.29. The SMILES string of the molecule is COc1ccc(N2CCCN(C(=O)c3cnn(-c4ccc(Cl)cc4)c3C(C)C)CC2)cc1. The van der Waals surface area contributed by atoms with Gasteiger partial charge in [0.05, 0.1) is 30.3 Å². The van der Waals surface area contributed by atoms with Crippen LogP contribution in [0.4, 0.5) is 5.69 Å². The van der Waals surface area contributed by atoms with E-state index in [1.165, 1.54) is 0 Å². The van der Waals surface area contributed by atoms with Crippen molar-refractivity contribution in [1.82, 2.24) is 14.7 Å². The van der Waals surface area contributed by atoms with Crippen LogP contribution in [-0.2, 0) is 0 Å². The van der Waals surface area contributed by atoms with E-state index in [-0.39, 0.29) is 11.8 Å². The van der Waals surface area contributed by atoms with Crippen molar-refractivity contribution in [3.05, 3.63) is 71.0 Å². The number of carbonyl (C=O) groups excluding carboxylic acids is 1. The van der Waals surface area contributed by atoms with Gasteiger partial charge in [0.25, 0.3) is 5.91 Å². The molecule has 1 aliphatic rings. The summed E-state index contributed by atoms with van der Waals surface area (Å²) in [5.41, 5.74) is 3.65. The lowest BCUT2D eigenvalue weighted by Gasteiger charge is -2.24. The van der Waals surface area contributed by atoms with E-state index in [0.717, 1.165) is 48.9 Å². The standard InChI is InChI=1S/C25H29ClN4O2/c1-18(2)24-23(17-27-30(24)21-7-5-19(26)6-8-21)25(31)29-14-4-13-28(15-16-29)20-9-11-22(32-3)12-10-20/h5-12,17-18H,4,13-16H2,1-3H3. The maximum absolute atomic E-state index is 13.5. The number of hydrogen-bond donors (Lipinski definition) is 0. The van der Waals surface area contributed by atoms with Crippen LogP contribution in [0.25, 0.3) is 5.69 Å². The van der Waals surface area contributed by atoms with E-state index in [9.17, 15) is 4.79 Å². The van der Waals surface area contributed by atoms with Crippen LogP contribution in [0.15, 0.2) is 54.7 Å². The van der Waals surface area contributed by atoms with E-state index in [0.29, 0.717) is 17.1 Å². The fraction of sp³-hybridized carbons (Fsp3) is 0.360. The zero-order valence-electron chi connectivity index (χ0n) is 18.8. The molecular weight excluding hydrogens is 424 g/mol. The molecule has 2 heterocycles. The molecule has 0 saturated carbocycles. The zero-order valence-corrected chi connectivity index (χ0v) is 19.5. The maximum atomic E-state index is 13.5. The number of rotatable bonds is 5. The molecule has 0 radical (unpaired) electrons. The van der Waals surface area contributed by atoms with Crippen molar-refractivity contribution in [3.63, 3.8) is 0 Å². The number of hydrogen-bond acceptors (Lipinski definition) is 4. The van der Waals surface area contributed by atoms with Crippen molar-refractivity contribution in [3.8, 4) is 11.4 Å². The molecule has 0 atom stereocenters. The molecule has 1 fully saturated rings. The lowest BCUT2D eigenvalue weighted by atomic mass is 10.0. The summed E-state index contributed by atoms with van der Waals surface area (Å²) in [5.74, 6) is 1.04. The molecule has 2 aromatic carbocycles. The minimum Gasteiger partial charge on any atom is -0.497 e. The van der Waals surface area contributed by atoms with E-state index < -0.39 is 0 Å². The molecule has 7 heteroatoms. The highest BCUT2D eigenvalue weighted by molar-refractivity contribution is 6.30. The van der Waals surface area contributed by atoms with E-state index in [4.69, 9.17) is 16.3 Å². The first-order chi connectivity index (χ1) is 15.5. The van der Waals surface area contributed by atoms with Gasteiger partial charge >= 0.3 is 0 Å². The number of carbonyl (C=O) groups is 1. The number of methoxy groups -OCH3 is 1. The van der Waals surface area contributed by atoms with Crippen molar-refractivity contribution in [2.24, 2.45) is 0 Å². The summed E-state index contributed by atoms with van der Waals surface area (Å²) in [5, 5.41) is 5.23. The second-order valence-electron chi connectivity index (χ2n) is 8.32. The number of ether oxygens (including phenoxy) is 1. The number of nitrogens with zero attached hydrogens (tertiary/aromatic N) is 4. The van der Waals surface area contributed by atoms with Gasteiger partial charge in [-0.3, -0.25) is 4.79 Å². The normalized spacial score (nSPS) is 14.5. The molecular formula is C25H29ClN4O2. The quantitative estimate of drug-likeness (QED) is 0.546. The van der Waals surface area contributed by atoms with Crippen molar-refractivity contribution < 1.29 is 9.53 Å². The van der Waals surface area contributed by atoms with Crippen LogP contribution < -0.4 is 9.64 Å². The Hall–Kier alpha value is -2.99. The monoisotopic (exact) mass is 452 g/mol. The Morgan fingerprint density at radius 1 is 0.969 bits per heavy atom. The summed E-state index contributed by atoms with van der Waals surface area (Å²) in [4.78, 5) is 17.8. The molecule has 1 amide bonds. The average molecular weight is 453 g/mol. The number of benzene rings is 2. The Kier molecular flexibility index (Phi) is 6.70. The number of halogens is 1. The van der Waals surface area contributed by atoms with E-state index >= 15 is 0 Å². The Morgan fingerprint density at radius 3 is 2.31 bits per heavy atom. The van der Waals surface area contributed by atoms with Crippen LogP contribution >= 0.6 is 11.6 Å². The smallest absolute Gasteiger partial charge is 0.257 e. The summed E-state index contributed by atoms with van der Waals surface area (Å²) in [7, 11) is 1.67. The molecule has 1 saturated heterocycles. The van der Waals surface area contributed by atoms with Gasteiger partial charge in [-0.05, 0) is 60.9 Å². The summed E-state index contributed by atoms with van der Waals surface area (Å²) in [6, 6.07) is 15.6. The van der Waals surface area contributed by atoms with Gasteiger partial charge in [-0.25, -0.2) is 4.68 Å². The second kappa shape index (κ2) is 9.65. The van der Waals surface area contributed by atoms with Gasteiger partial charge in [-0.2, -0.15) is 5.10 Å². The predicted octanol–water partition coefficient (Wildman–Crippen LogP) is 5.01. The third-order valence-corrected chi connectivity index (χ3v) is 6.13. The minimum absolute atomic E-state index is 0.0468. The van der Waals surface area contributed by atoms with E-state index in [1.54, 1.807) is 13.3 Å². The van der Waals surface area contributed by atoms with Crippen molar-refractivity contribution >= 4 is 23.2 Å². The maximum Gasteiger partial charge on any atom is 0.257 e. The Balaban J connectivity index is 1.53. The lowest BCUT2D eigenvalue weighted by molar-refractivity contribution is 0.0765. The van der Waals surface area contributed by atoms with Crippen LogP contribution in [-0.4, -0.2) is 53.9 Å². The number of anilines is 1. The molecule has 168 valence electrons. The summed E-state index contributed by atoms with van der Waals surface area (Å²) < 4.78 is 7.12. The zero-order chi connectivity index (χ0) is 22.7. The first kappa shape index (κ1) is 22.2. The molecule has 1 aromatic heterocycles. The van der Waals surface area contributed by atoms with Crippen molar-refractivity contribution in [2.45, 2.75) is 26.2 Å². The summed E-state index contributed by atoms with van der Waals surface area (Å²) >= 11 is 6.04. The molecule has 6 nitrogen and oxygen atoms in total. The second-order valence-corrected chi connectivity index (χ2v) is 8.75. The van der Waals surface area contributed by atoms with Crippen LogP contribution in [0.1, 0.15) is 42.2 Å². The molecule has 0 N–H and O–H groups in total. The van der Waals surface area contributed by atoms with Gasteiger partial charge in [0.1, 0.15) is 5.75 Å². The molecule has 0 bridgehead atoms.